The van der Waals surface area contributed by atoms with Gasteiger partial charge in [0, 0.05) is 25.8 Å². The van der Waals surface area contributed by atoms with Crippen molar-refractivity contribution in [2.75, 3.05) is 18.9 Å². The Kier molecular flexibility index (Phi) is 2.91. The molecule has 0 saturated carbocycles. The Bertz CT molecular complexity index is 561. The third kappa shape index (κ3) is 2.06. The third-order valence-corrected chi connectivity index (χ3v) is 3.52. The number of nitrogen functional groups attached to an aromatic ring is 1. The van der Waals surface area contributed by atoms with E-state index in [-0.39, 0.29) is 5.82 Å². The molecule has 0 atom stereocenters. The molecular weight excluding hydrogens is 233 g/mol. The van der Waals surface area contributed by atoms with E-state index in [0.29, 0.717) is 17.4 Å². The van der Waals surface area contributed by atoms with Gasteiger partial charge >= 0.3 is 0 Å². The summed E-state index contributed by atoms with van der Waals surface area (Å²) in [5, 5.41) is 0. The Morgan fingerprint density at radius 2 is 2.17 bits per heavy atom. The van der Waals surface area contributed by atoms with E-state index in [0.717, 1.165) is 38.1 Å². The van der Waals surface area contributed by atoms with E-state index in [9.17, 15) is 4.39 Å². The van der Waals surface area contributed by atoms with Gasteiger partial charge in [0.15, 0.2) is 0 Å². The summed E-state index contributed by atoms with van der Waals surface area (Å²) in [5.41, 5.74) is 7.45. The zero-order valence-electron chi connectivity index (χ0n) is 10.1. The number of fused-ring (bicyclic) bond motifs is 1. The number of nitrogens with zero attached hydrogens (tertiary/aromatic N) is 2. The van der Waals surface area contributed by atoms with Gasteiger partial charge in [-0.3, -0.25) is 0 Å². The lowest BCUT2D eigenvalue weighted by Gasteiger charge is -2.23. The Balaban J connectivity index is 1.92. The number of nitrogens with two attached hydrogens (primary N) is 1. The van der Waals surface area contributed by atoms with Crippen molar-refractivity contribution in [3.63, 3.8) is 0 Å². The summed E-state index contributed by atoms with van der Waals surface area (Å²) >= 11 is 0. The maximum atomic E-state index is 13.1. The molecule has 1 aliphatic heterocycles. The fourth-order valence-electron chi connectivity index (χ4n) is 2.50. The number of imidazole rings is 1. The summed E-state index contributed by atoms with van der Waals surface area (Å²) in [6.45, 7) is 2.45. The van der Waals surface area contributed by atoms with E-state index in [1.54, 1.807) is 6.07 Å². The summed E-state index contributed by atoms with van der Waals surface area (Å²) in [6.07, 6.45) is 2.08. The van der Waals surface area contributed by atoms with Gasteiger partial charge in [-0.25, -0.2) is 9.37 Å². The average Bonchev–Trinajstić information content (AvgIpc) is 2.66. The van der Waals surface area contributed by atoms with Gasteiger partial charge in [0.25, 0.3) is 0 Å². The monoisotopic (exact) mass is 249 g/mol. The van der Waals surface area contributed by atoms with E-state index in [1.165, 1.54) is 12.1 Å². The van der Waals surface area contributed by atoms with Crippen LogP contribution in [0.1, 0.15) is 12.8 Å². The Labute approximate surface area is 105 Å². The fraction of sp³-hybridized carbons (Fsp3) is 0.462. The molecule has 0 bridgehead atoms. The van der Waals surface area contributed by atoms with Crippen LogP contribution in [0.3, 0.4) is 0 Å². The van der Waals surface area contributed by atoms with Crippen LogP contribution in [0, 0.1) is 11.7 Å². The first kappa shape index (κ1) is 11.5. The SMILES string of the molecule is Nc1nc2cc(F)ccc2n1CC1CCOCC1. The third-order valence-electron chi connectivity index (χ3n) is 3.52. The maximum Gasteiger partial charge on any atom is 0.201 e. The second-order valence-electron chi connectivity index (χ2n) is 4.77. The molecule has 1 fully saturated rings. The molecule has 0 amide bonds. The summed E-state index contributed by atoms with van der Waals surface area (Å²) in [4.78, 5) is 4.21. The largest absolute Gasteiger partial charge is 0.381 e. The number of anilines is 1. The van der Waals surface area contributed by atoms with Crippen LogP contribution in [0.5, 0.6) is 0 Å². The number of halogens is 1. The van der Waals surface area contributed by atoms with Crippen molar-refractivity contribution in [3.05, 3.63) is 24.0 Å². The fourth-order valence-corrected chi connectivity index (χ4v) is 2.50. The van der Waals surface area contributed by atoms with Crippen LogP contribution in [0.2, 0.25) is 0 Å². The van der Waals surface area contributed by atoms with Gasteiger partial charge in [0.2, 0.25) is 5.95 Å². The van der Waals surface area contributed by atoms with Gasteiger partial charge in [-0.1, -0.05) is 0 Å². The smallest absolute Gasteiger partial charge is 0.201 e. The molecule has 2 aromatic rings. The van der Waals surface area contributed by atoms with Crippen LogP contribution in [-0.2, 0) is 11.3 Å². The minimum Gasteiger partial charge on any atom is -0.381 e. The molecule has 0 radical (unpaired) electrons. The van der Waals surface area contributed by atoms with Gasteiger partial charge < -0.3 is 15.0 Å². The zero-order chi connectivity index (χ0) is 12.5. The van der Waals surface area contributed by atoms with E-state index in [1.807, 2.05) is 4.57 Å². The molecule has 2 N–H and O–H groups in total. The molecule has 5 heteroatoms. The van der Waals surface area contributed by atoms with Crippen molar-refractivity contribution in [1.82, 2.24) is 9.55 Å². The standard InChI is InChI=1S/C13H16FN3O/c14-10-1-2-12-11(7-10)16-13(15)17(12)8-9-3-5-18-6-4-9/h1-2,7,9H,3-6,8H2,(H2,15,16). The lowest BCUT2D eigenvalue weighted by molar-refractivity contribution is 0.0618. The van der Waals surface area contributed by atoms with Gasteiger partial charge in [-0.2, -0.15) is 0 Å². The average molecular weight is 249 g/mol. The number of benzene rings is 1. The van der Waals surface area contributed by atoms with Crippen LogP contribution in [0.4, 0.5) is 10.3 Å². The van der Waals surface area contributed by atoms with Crippen molar-refractivity contribution in [3.8, 4) is 0 Å². The molecule has 0 unspecified atom stereocenters. The summed E-state index contributed by atoms with van der Waals surface area (Å²) in [6, 6.07) is 4.61. The molecule has 1 aromatic heterocycles. The molecular formula is C13H16FN3O. The molecule has 3 rings (SSSR count). The van der Waals surface area contributed by atoms with E-state index >= 15 is 0 Å². The van der Waals surface area contributed by atoms with Crippen molar-refractivity contribution < 1.29 is 9.13 Å². The minimum atomic E-state index is -0.279. The molecule has 2 heterocycles. The zero-order valence-corrected chi connectivity index (χ0v) is 10.1. The number of rotatable bonds is 2. The molecule has 0 spiro atoms. The first-order valence-electron chi connectivity index (χ1n) is 6.23. The van der Waals surface area contributed by atoms with E-state index < -0.39 is 0 Å². The lowest BCUT2D eigenvalue weighted by Crippen LogP contribution is -2.21. The molecule has 96 valence electrons. The number of aromatic nitrogens is 2. The van der Waals surface area contributed by atoms with Crippen LogP contribution >= 0.6 is 0 Å². The number of ether oxygens (including phenoxy) is 1. The second-order valence-corrected chi connectivity index (χ2v) is 4.77. The van der Waals surface area contributed by atoms with Gasteiger partial charge in [-0.15, -0.1) is 0 Å². The highest BCUT2D eigenvalue weighted by molar-refractivity contribution is 5.78. The molecule has 1 aromatic carbocycles. The first-order valence-corrected chi connectivity index (χ1v) is 6.23. The normalized spacial score (nSPS) is 17.4. The molecule has 18 heavy (non-hydrogen) atoms. The number of hydrogen-bond donors (Lipinski definition) is 1. The highest BCUT2D eigenvalue weighted by Gasteiger charge is 2.17. The van der Waals surface area contributed by atoms with E-state index in [4.69, 9.17) is 10.5 Å². The van der Waals surface area contributed by atoms with Crippen molar-refractivity contribution in [2.45, 2.75) is 19.4 Å². The molecule has 1 saturated heterocycles. The van der Waals surface area contributed by atoms with E-state index in [2.05, 4.69) is 4.98 Å². The molecule has 1 aliphatic rings. The minimum absolute atomic E-state index is 0.279. The second kappa shape index (κ2) is 4.57. The predicted octanol–water partition coefficient (Wildman–Crippen LogP) is 2.18. The topological polar surface area (TPSA) is 53.1 Å². The van der Waals surface area contributed by atoms with Crippen molar-refractivity contribution in [1.29, 1.82) is 0 Å². The highest BCUT2D eigenvalue weighted by atomic mass is 19.1. The van der Waals surface area contributed by atoms with Crippen LogP contribution in [0.25, 0.3) is 11.0 Å². The molecule has 0 aliphatic carbocycles. The summed E-state index contributed by atoms with van der Waals surface area (Å²) in [5.74, 6) is 0.740. The highest BCUT2D eigenvalue weighted by Crippen LogP contribution is 2.23. The Morgan fingerprint density at radius 3 is 2.94 bits per heavy atom. The van der Waals surface area contributed by atoms with Crippen LogP contribution < -0.4 is 5.73 Å². The van der Waals surface area contributed by atoms with Gasteiger partial charge in [0.05, 0.1) is 11.0 Å². The first-order chi connectivity index (χ1) is 8.74. The van der Waals surface area contributed by atoms with Crippen molar-refractivity contribution in [2.24, 2.45) is 5.92 Å². The predicted molar refractivity (Wildman–Crippen MR) is 67.6 cm³/mol. The van der Waals surface area contributed by atoms with Gasteiger partial charge in [-0.05, 0) is 30.9 Å². The maximum absolute atomic E-state index is 13.1. The van der Waals surface area contributed by atoms with Crippen molar-refractivity contribution >= 4 is 17.0 Å². The summed E-state index contributed by atoms with van der Waals surface area (Å²) < 4.78 is 20.5. The Morgan fingerprint density at radius 1 is 1.39 bits per heavy atom. The van der Waals surface area contributed by atoms with Crippen LogP contribution in [-0.4, -0.2) is 22.8 Å². The Hall–Kier alpha value is -1.62. The molecule has 4 nitrogen and oxygen atoms in total. The van der Waals surface area contributed by atoms with Crippen LogP contribution in [0.15, 0.2) is 18.2 Å². The quantitative estimate of drug-likeness (QED) is 0.887. The lowest BCUT2D eigenvalue weighted by atomic mass is 10.0. The van der Waals surface area contributed by atoms with Gasteiger partial charge in [0.1, 0.15) is 5.82 Å². The number of hydrogen-bond acceptors (Lipinski definition) is 3. The summed E-state index contributed by atoms with van der Waals surface area (Å²) in [7, 11) is 0.